The monoisotopic (exact) mass is 354 g/mol. The Morgan fingerprint density at radius 1 is 1.08 bits per heavy atom. The molecule has 3 aromatic rings. The number of hydrogen-bond donors (Lipinski definition) is 0. The smallest absolute Gasteiger partial charge is 0.282 e. The zero-order valence-electron chi connectivity index (χ0n) is 14.5. The van der Waals surface area contributed by atoms with Crippen LogP contribution in [0.3, 0.4) is 0 Å². The molecule has 0 fully saturated rings. The molecule has 0 saturated carbocycles. The molecule has 5 heteroatoms. The fourth-order valence-electron chi connectivity index (χ4n) is 2.27. The minimum atomic E-state index is 0.144. The van der Waals surface area contributed by atoms with Crippen LogP contribution in [0.2, 0.25) is 0 Å². The van der Waals surface area contributed by atoms with Gasteiger partial charge in [-0.2, -0.15) is 0 Å². The van der Waals surface area contributed by atoms with Crippen LogP contribution >= 0.6 is 11.3 Å². The molecule has 0 unspecified atom stereocenters. The van der Waals surface area contributed by atoms with Gasteiger partial charge in [0.25, 0.3) is 5.19 Å². The molecule has 0 aliphatic carbocycles. The number of aromatic nitrogens is 1. The van der Waals surface area contributed by atoms with Gasteiger partial charge in [-0.15, -0.1) is 0 Å². The molecule has 0 aliphatic rings. The maximum atomic E-state index is 5.94. The highest BCUT2D eigenvalue weighted by atomic mass is 32.1. The quantitative estimate of drug-likeness (QED) is 0.531. The largest absolute Gasteiger partial charge is 0.491 e. The van der Waals surface area contributed by atoms with Gasteiger partial charge < -0.3 is 14.2 Å². The lowest BCUT2D eigenvalue weighted by Crippen LogP contribution is -2.05. The van der Waals surface area contributed by atoms with Gasteiger partial charge in [-0.25, -0.2) is 4.98 Å². The summed E-state index contributed by atoms with van der Waals surface area (Å²) < 4.78 is 17.4. The molecule has 1 aromatic heterocycles. The van der Waals surface area contributed by atoms with Crippen LogP contribution in [-0.2, 0) is 6.42 Å². The summed E-state index contributed by atoms with van der Waals surface area (Å²) in [5.74, 6) is 2.38. The summed E-state index contributed by atoms with van der Waals surface area (Å²) in [6, 6.07) is 16.1. The lowest BCUT2D eigenvalue weighted by atomic mass is 10.1. The average Bonchev–Trinajstić information content (AvgIpc) is 3.03. The third kappa shape index (κ3) is 4.73. The summed E-state index contributed by atoms with van der Waals surface area (Å²) in [6.45, 7) is 6.11. The fourth-order valence-corrected chi connectivity index (χ4v) is 2.92. The molecule has 3 rings (SSSR count). The maximum absolute atomic E-state index is 5.94. The number of aryl methyl sites for hydroxylation is 1. The van der Waals surface area contributed by atoms with Crippen molar-refractivity contribution in [2.75, 3.05) is 0 Å². The SMILES string of the molecule is CCc1cc(OC(C)C)ccc1Oc1ncc(Oc2cc[c]cc2)s1. The standard InChI is InChI=1S/C20H20NO3S/c1-4-15-12-17(22-14(2)3)10-11-18(15)24-20-21-13-19(25-20)23-16-8-6-5-7-9-16/h6-14H,4H2,1-3H3. The van der Waals surface area contributed by atoms with Crippen molar-refractivity contribution in [2.45, 2.75) is 33.3 Å². The Hall–Kier alpha value is -2.53. The van der Waals surface area contributed by atoms with E-state index in [0.29, 0.717) is 10.3 Å². The van der Waals surface area contributed by atoms with E-state index in [2.05, 4.69) is 18.0 Å². The molecule has 1 heterocycles. The molecular weight excluding hydrogens is 334 g/mol. The van der Waals surface area contributed by atoms with Crippen molar-refractivity contribution in [3.8, 4) is 27.5 Å². The van der Waals surface area contributed by atoms with Crippen LogP contribution in [0.15, 0.2) is 48.7 Å². The molecule has 4 nitrogen and oxygen atoms in total. The van der Waals surface area contributed by atoms with Crippen LogP contribution in [-0.4, -0.2) is 11.1 Å². The molecule has 129 valence electrons. The second-order valence-electron chi connectivity index (χ2n) is 5.67. The molecular formula is C20H20NO3S. The molecule has 0 saturated heterocycles. The van der Waals surface area contributed by atoms with Crippen molar-refractivity contribution in [2.24, 2.45) is 0 Å². The molecule has 0 N–H and O–H groups in total. The van der Waals surface area contributed by atoms with Gasteiger partial charge >= 0.3 is 0 Å². The number of nitrogens with zero attached hydrogens (tertiary/aromatic N) is 1. The second kappa shape index (κ2) is 8.03. The van der Waals surface area contributed by atoms with Gasteiger partial charge in [0, 0.05) is 0 Å². The van der Waals surface area contributed by atoms with Gasteiger partial charge in [-0.3, -0.25) is 0 Å². The van der Waals surface area contributed by atoms with E-state index >= 15 is 0 Å². The summed E-state index contributed by atoms with van der Waals surface area (Å²) in [4.78, 5) is 4.29. The van der Waals surface area contributed by atoms with E-state index in [9.17, 15) is 0 Å². The third-order valence-corrected chi connectivity index (χ3v) is 4.10. The number of thiazole rings is 1. The van der Waals surface area contributed by atoms with E-state index in [-0.39, 0.29) is 6.10 Å². The third-order valence-electron chi connectivity index (χ3n) is 3.35. The minimum absolute atomic E-state index is 0.144. The van der Waals surface area contributed by atoms with E-state index < -0.39 is 0 Å². The zero-order chi connectivity index (χ0) is 17.6. The highest BCUT2D eigenvalue weighted by Gasteiger charge is 2.11. The maximum Gasteiger partial charge on any atom is 0.282 e. The van der Waals surface area contributed by atoms with Crippen molar-refractivity contribution < 1.29 is 14.2 Å². The molecule has 25 heavy (non-hydrogen) atoms. The summed E-state index contributed by atoms with van der Waals surface area (Å²) in [5, 5.41) is 1.23. The van der Waals surface area contributed by atoms with Gasteiger partial charge in [0.1, 0.15) is 17.2 Å². The van der Waals surface area contributed by atoms with Crippen LogP contribution < -0.4 is 14.2 Å². The first-order valence-electron chi connectivity index (χ1n) is 8.21. The second-order valence-corrected chi connectivity index (χ2v) is 6.63. The predicted molar refractivity (Wildman–Crippen MR) is 99.1 cm³/mol. The molecule has 0 bridgehead atoms. The van der Waals surface area contributed by atoms with Crippen LogP contribution in [0.1, 0.15) is 26.3 Å². The lowest BCUT2D eigenvalue weighted by Gasteiger charge is -2.13. The van der Waals surface area contributed by atoms with Crippen molar-refractivity contribution in [1.29, 1.82) is 0 Å². The first-order chi connectivity index (χ1) is 12.1. The summed E-state index contributed by atoms with van der Waals surface area (Å²) in [6.07, 6.45) is 2.66. The first kappa shape index (κ1) is 17.3. The Kier molecular flexibility index (Phi) is 5.56. The molecule has 1 radical (unpaired) electrons. The van der Waals surface area contributed by atoms with Gasteiger partial charge in [0.15, 0.2) is 0 Å². The molecule has 0 atom stereocenters. The fraction of sp³-hybridized carbons (Fsp3) is 0.250. The Bertz CT molecular complexity index is 815. The molecule has 0 amide bonds. The molecule has 0 aliphatic heterocycles. The van der Waals surface area contributed by atoms with Crippen molar-refractivity contribution in [3.05, 3.63) is 60.3 Å². The Labute approximate surface area is 152 Å². The van der Waals surface area contributed by atoms with E-state index in [1.807, 2.05) is 56.3 Å². The molecule has 2 aromatic carbocycles. The average molecular weight is 354 g/mol. The summed E-state index contributed by atoms with van der Waals surface area (Å²) in [5.41, 5.74) is 1.08. The number of rotatable bonds is 7. The lowest BCUT2D eigenvalue weighted by molar-refractivity contribution is 0.242. The Balaban J connectivity index is 1.72. The van der Waals surface area contributed by atoms with Crippen LogP contribution in [0, 0.1) is 6.07 Å². The van der Waals surface area contributed by atoms with E-state index in [0.717, 1.165) is 29.2 Å². The number of hydrogen-bond acceptors (Lipinski definition) is 5. The van der Waals surface area contributed by atoms with Gasteiger partial charge in [0.2, 0.25) is 5.06 Å². The molecule has 0 spiro atoms. The van der Waals surface area contributed by atoms with E-state index in [1.54, 1.807) is 6.20 Å². The summed E-state index contributed by atoms with van der Waals surface area (Å²) >= 11 is 1.36. The van der Waals surface area contributed by atoms with Crippen LogP contribution in [0.25, 0.3) is 0 Å². The first-order valence-corrected chi connectivity index (χ1v) is 9.03. The van der Waals surface area contributed by atoms with Gasteiger partial charge in [-0.05, 0) is 73.6 Å². The van der Waals surface area contributed by atoms with Crippen LogP contribution in [0.5, 0.6) is 27.5 Å². The zero-order valence-corrected chi connectivity index (χ0v) is 15.3. The van der Waals surface area contributed by atoms with E-state index in [1.165, 1.54) is 11.3 Å². The Morgan fingerprint density at radius 2 is 1.88 bits per heavy atom. The van der Waals surface area contributed by atoms with Gasteiger partial charge in [-0.1, -0.05) is 19.1 Å². The topological polar surface area (TPSA) is 40.6 Å². The normalized spacial score (nSPS) is 10.7. The van der Waals surface area contributed by atoms with Crippen molar-refractivity contribution >= 4 is 11.3 Å². The summed E-state index contributed by atoms with van der Waals surface area (Å²) in [7, 11) is 0. The number of ether oxygens (including phenoxy) is 3. The number of benzene rings is 2. The van der Waals surface area contributed by atoms with Crippen molar-refractivity contribution in [3.63, 3.8) is 0 Å². The van der Waals surface area contributed by atoms with Crippen molar-refractivity contribution in [1.82, 2.24) is 4.98 Å². The van der Waals surface area contributed by atoms with E-state index in [4.69, 9.17) is 14.2 Å². The highest BCUT2D eigenvalue weighted by Crippen LogP contribution is 2.36. The van der Waals surface area contributed by atoms with Crippen LogP contribution in [0.4, 0.5) is 0 Å². The minimum Gasteiger partial charge on any atom is -0.491 e. The Morgan fingerprint density at radius 3 is 2.60 bits per heavy atom. The highest BCUT2D eigenvalue weighted by molar-refractivity contribution is 7.15. The predicted octanol–water partition coefficient (Wildman–Crippen LogP) is 5.88. The van der Waals surface area contributed by atoms with Gasteiger partial charge in [0.05, 0.1) is 12.3 Å².